The lowest BCUT2D eigenvalue weighted by molar-refractivity contribution is 0.252. The quantitative estimate of drug-likeness (QED) is 0.773. The van der Waals surface area contributed by atoms with Gasteiger partial charge in [0.2, 0.25) is 10.0 Å². The highest BCUT2D eigenvalue weighted by Gasteiger charge is 2.26. The molecule has 0 aliphatic heterocycles. The molecule has 0 bridgehead atoms. The van der Waals surface area contributed by atoms with E-state index >= 15 is 0 Å². The summed E-state index contributed by atoms with van der Waals surface area (Å²) < 4.78 is 29.5. The van der Waals surface area contributed by atoms with Gasteiger partial charge in [0.25, 0.3) is 0 Å². The fourth-order valence-corrected chi connectivity index (χ4v) is 3.15. The van der Waals surface area contributed by atoms with Gasteiger partial charge in [-0.25, -0.2) is 13.1 Å². The molecule has 6 heteroatoms. The van der Waals surface area contributed by atoms with Crippen molar-refractivity contribution in [1.82, 2.24) is 9.29 Å². The number of sulfonamides is 1. The van der Waals surface area contributed by atoms with Gasteiger partial charge >= 0.3 is 0 Å². The number of nitrogens with one attached hydrogen (secondary N) is 1. The first-order valence-electron chi connectivity index (χ1n) is 7.53. The van der Waals surface area contributed by atoms with Gasteiger partial charge in [-0.15, -0.1) is 0 Å². The molecule has 21 heavy (non-hydrogen) atoms. The standard InChI is InChI=1S/C15H29N3O2S/c1-6-7-18-10-14(8-13(18)9-16)21(19,20)17-11-15(4,5)12(2)3/h8,10,12,17H,6-7,9,11,16H2,1-5H3. The van der Waals surface area contributed by atoms with Crippen molar-refractivity contribution in [3.63, 3.8) is 0 Å². The molecular formula is C15H29N3O2S. The Morgan fingerprint density at radius 2 is 2.00 bits per heavy atom. The highest BCUT2D eigenvalue weighted by molar-refractivity contribution is 7.89. The van der Waals surface area contributed by atoms with E-state index in [0.29, 0.717) is 23.9 Å². The predicted molar refractivity (Wildman–Crippen MR) is 86.4 cm³/mol. The Kier molecular flexibility index (Phi) is 6.01. The third-order valence-corrected chi connectivity index (χ3v) is 5.59. The molecule has 0 unspecified atom stereocenters. The molecule has 0 amide bonds. The summed E-state index contributed by atoms with van der Waals surface area (Å²) in [7, 11) is -3.48. The average molecular weight is 315 g/mol. The van der Waals surface area contributed by atoms with E-state index in [0.717, 1.165) is 18.7 Å². The van der Waals surface area contributed by atoms with E-state index < -0.39 is 10.0 Å². The number of hydrogen-bond acceptors (Lipinski definition) is 3. The topological polar surface area (TPSA) is 77.1 Å². The van der Waals surface area contributed by atoms with Crippen molar-refractivity contribution < 1.29 is 8.42 Å². The monoisotopic (exact) mass is 315 g/mol. The predicted octanol–water partition coefficient (Wildman–Crippen LogP) is 2.32. The first-order valence-corrected chi connectivity index (χ1v) is 9.01. The van der Waals surface area contributed by atoms with Gasteiger partial charge in [-0.05, 0) is 23.8 Å². The molecule has 1 aromatic heterocycles. The zero-order valence-corrected chi connectivity index (χ0v) is 14.6. The molecule has 1 rings (SSSR count). The van der Waals surface area contributed by atoms with Crippen LogP contribution in [0.4, 0.5) is 0 Å². The van der Waals surface area contributed by atoms with Crippen LogP contribution in [-0.4, -0.2) is 19.5 Å². The molecule has 0 aromatic carbocycles. The highest BCUT2D eigenvalue weighted by atomic mass is 32.2. The van der Waals surface area contributed by atoms with Crippen LogP contribution < -0.4 is 10.5 Å². The van der Waals surface area contributed by atoms with E-state index in [9.17, 15) is 8.42 Å². The second-order valence-electron chi connectivity index (χ2n) is 6.53. The van der Waals surface area contributed by atoms with E-state index in [4.69, 9.17) is 5.73 Å². The second-order valence-corrected chi connectivity index (χ2v) is 8.30. The van der Waals surface area contributed by atoms with Gasteiger partial charge in [0.1, 0.15) is 0 Å². The Balaban J connectivity index is 2.93. The number of hydrogen-bond donors (Lipinski definition) is 2. The van der Waals surface area contributed by atoms with Gasteiger partial charge in [-0.3, -0.25) is 0 Å². The fourth-order valence-electron chi connectivity index (χ4n) is 1.86. The summed E-state index contributed by atoms with van der Waals surface area (Å²) >= 11 is 0. The third-order valence-electron chi connectivity index (χ3n) is 4.23. The first-order chi connectivity index (χ1) is 9.64. The number of aryl methyl sites for hydroxylation is 1. The molecule has 0 fully saturated rings. The molecule has 0 radical (unpaired) electrons. The lowest BCUT2D eigenvalue weighted by Crippen LogP contribution is -2.36. The largest absolute Gasteiger partial charge is 0.349 e. The van der Waals surface area contributed by atoms with Gasteiger partial charge in [0, 0.05) is 31.5 Å². The molecule has 5 nitrogen and oxygen atoms in total. The Morgan fingerprint density at radius 3 is 2.48 bits per heavy atom. The Hall–Kier alpha value is -0.850. The van der Waals surface area contributed by atoms with Gasteiger partial charge in [0.15, 0.2) is 0 Å². The van der Waals surface area contributed by atoms with Crippen LogP contribution in [0.2, 0.25) is 0 Å². The minimum absolute atomic E-state index is 0.0875. The number of aromatic nitrogens is 1. The van der Waals surface area contributed by atoms with Crippen LogP contribution in [0, 0.1) is 11.3 Å². The van der Waals surface area contributed by atoms with Gasteiger partial charge in [0.05, 0.1) is 4.90 Å². The van der Waals surface area contributed by atoms with Crippen molar-refractivity contribution in [2.24, 2.45) is 17.1 Å². The summed E-state index contributed by atoms with van der Waals surface area (Å²) in [5, 5.41) is 0. The highest BCUT2D eigenvalue weighted by Crippen LogP contribution is 2.25. The number of nitrogens with zero attached hydrogens (tertiary/aromatic N) is 1. The van der Waals surface area contributed by atoms with Crippen molar-refractivity contribution in [3.05, 3.63) is 18.0 Å². The third kappa shape index (κ3) is 4.56. The maximum Gasteiger partial charge on any atom is 0.242 e. The molecule has 0 spiro atoms. The van der Waals surface area contributed by atoms with E-state index in [1.165, 1.54) is 0 Å². The molecule has 0 aliphatic carbocycles. The zero-order chi connectivity index (χ0) is 16.3. The van der Waals surface area contributed by atoms with Crippen molar-refractivity contribution in [2.75, 3.05) is 6.54 Å². The zero-order valence-electron chi connectivity index (χ0n) is 13.8. The molecule has 1 heterocycles. The Bertz CT molecular complexity index is 559. The first kappa shape index (κ1) is 18.2. The lowest BCUT2D eigenvalue weighted by Gasteiger charge is -2.29. The summed E-state index contributed by atoms with van der Waals surface area (Å²) in [5.41, 5.74) is 6.44. The lowest BCUT2D eigenvalue weighted by atomic mass is 9.81. The molecule has 0 saturated heterocycles. The summed E-state index contributed by atoms with van der Waals surface area (Å²) in [6, 6.07) is 1.67. The fraction of sp³-hybridized carbons (Fsp3) is 0.733. The molecular weight excluding hydrogens is 286 g/mol. The smallest absolute Gasteiger partial charge is 0.242 e. The van der Waals surface area contributed by atoms with Crippen LogP contribution in [0.1, 0.15) is 46.7 Å². The van der Waals surface area contributed by atoms with Crippen LogP contribution in [0.15, 0.2) is 17.2 Å². The van der Waals surface area contributed by atoms with Gasteiger partial charge < -0.3 is 10.3 Å². The van der Waals surface area contributed by atoms with Gasteiger partial charge in [-0.1, -0.05) is 34.6 Å². The van der Waals surface area contributed by atoms with Crippen molar-refractivity contribution >= 4 is 10.0 Å². The van der Waals surface area contributed by atoms with Crippen LogP contribution >= 0.6 is 0 Å². The van der Waals surface area contributed by atoms with Gasteiger partial charge in [-0.2, -0.15) is 0 Å². The normalized spacial score (nSPS) is 13.1. The molecule has 0 saturated carbocycles. The average Bonchev–Trinajstić information content (AvgIpc) is 2.81. The number of nitrogens with two attached hydrogens (primary N) is 1. The SMILES string of the molecule is CCCn1cc(S(=O)(=O)NCC(C)(C)C(C)C)cc1CN. The maximum absolute atomic E-state index is 12.4. The van der Waals surface area contributed by atoms with Crippen molar-refractivity contribution in [2.45, 2.75) is 59.0 Å². The Morgan fingerprint density at radius 1 is 1.38 bits per heavy atom. The van der Waals surface area contributed by atoms with Crippen LogP contribution in [0.25, 0.3) is 0 Å². The van der Waals surface area contributed by atoms with E-state index in [-0.39, 0.29) is 5.41 Å². The van der Waals surface area contributed by atoms with Crippen molar-refractivity contribution in [1.29, 1.82) is 0 Å². The summed E-state index contributed by atoms with van der Waals surface area (Å²) in [4.78, 5) is 0.302. The minimum Gasteiger partial charge on any atom is -0.349 e. The summed E-state index contributed by atoms with van der Waals surface area (Å²) in [6.07, 6.45) is 2.62. The molecule has 3 N–H and O–H groups in total. The Labute approximate surface area is 129 Å². The van der Waals surface area contributed by atoms with Crippen LogP contribution in [0.5, 0.6) is 0 Å². The van der Waals surface area contributed by atoms with E-state index in [1.807, 2.05) is 4.57 Å². The maximum atomic E-state index is 12.4. The van der Waals surface area contributed by atoms with Crippen LogP contribution in [-0.2, 0) is 23.1 Å². The summed E-state index contributed by atoms with van der Waals surface area (Å²) in [5.74, 6) is 0.393. The van der Waals surface area contributed by atoms with Crippen molar-refractivity contribution in [3.8, 4) is 0 Å². The molecule has 122 valence electrons. The molecule has 0 aliphatic rings. The van der Waals surface area contributed by atoms with Crippen LogP contribution in [0.3, 0.4) is 0 Å². The van der Waals surface area contributed by atoms with E-state index in [1.54, 1.807) is 12.3 Å². The molecule has 0 atom stereocenters. The summed E-state index contributed by atoms with van der Waals surface area (Å²) in [6.45, 7) is 11.9. The number of rotatable bonds is 8. The van der Waals surface area contributed by atoms with E-state index in [2.05, 4.69) is 39.3 Å². The minimum atomic E-state index is -3.48. The second kappa shape index (κ2) is 6.94. The molecule has 1 aromatic rings.